The fraction of sp³-hybridized carbons (Fsp3) is 0.696. The first-order valence-electron chi connectivity index (χ1n) is 11.4. The van der Waals surface area contributed by atoms with E-state index in [1.807, 2.05) is 9.80 Å². The van der Waals surface area contributed by atoms with Crippen LogP contribution in [-0.2, 0) is 14.3 Å². The highest BCUT2D eigenvalue weighted by Crippen LogP contribution is 2.39. The van der Waals surface area contributed by atoms with Gasteiger partial charge in [-0.05, 0) is 37.7 Å². The molecule has 3 aliphatic heterocycles. The minimum Gasteiger partial charge on any atom is -0.481 e. The number of carbonyl (C=O) groups is 2. The lowest BCUT2D eigenvalue weighted by Gasteiger charge is -2.46. The molecule has 3 fully saturated rings. The van der Waals surface area contributed by atoms with E-state index in [-0.39, 0.29) is 23.3 Å². The third kappa shape index (κ3) is 4.99. The van der Waals surface area contributed by atoms with Crippen LogP contribution < -0.4 is 9.47 Å². The molecule has 0 aliphatic carbocycles. The van der Waals surface area contributed by atoms with Gasteiger partial charge in [0.1, 0.15) is 5.56 Å². The quantitative estimate of drug-likeness (QED) is 0.679. The zero-order valence-electron chi connectivity index (χ0n) is 19.0. The molecular formula is C23H33N3O6. The predicted molar refractivity (Wildman–Crippen MR) is 116 cm³/mol. The van der Waals surface area contributed by atoms with Crippen molar-refractivity contribution in [3.05, 3.63) is 17.7 Å². The lowest BCUT2D eigenvalue weighted by molar-refractivity contribution is -0.143. The molecule has 1 atom stereocenters. The molecule has 2 amide bonds. The van der Waals surface area contributed by atoms with Gasteiger partial charge in [-0.2, -0.15) is 4.98 Å². The SMILES string of the molecule is COc1ccc(C(=O)N2CCC3(CC2)CC(CC(=O)N2CCOCC2)CCO3)c(OC)n1. The van der Waals surface area contributed by atoms with Crippen LogP contribution in [0.2, 0.25) is 0 Å². The van der Waals surface area contributed by atoms with E-state index in [0.717, 1.165) is 25.7 Å². The molecule has 0 radical (unpaired) electrons. The van der Waals surface area contributed by atoms with E-state index >= 15 is 0 Å². The fourth-order valence-electron chi connectivity index (χ4n) is 4.98. The molecule has 4 rings (SSSR count). The maximum Gasteiger partial charge on any atom is 0.259 e. The highest BCUT2D eigenvalue weighted by Gasteiger charge is 2.42. The van der Waals surface area contributed by atoms with Gasteiger partial charge in [0.25, 0.3) is 5.91 Å². The average molecular weight is 448 g/mol. The van der Waals surface area contributed by atoms with Crippen molar-refractivity contribution in [3.63, 3.8) is 0 Å². The number of nitrogens with zero attached hydrogens (tertiary/aromatic N) is 3. The molecule has 3 aliphatic rings. The summed E-state index contributed by atoms with van der Waals surface area (Å²) in [6.45, 7) is 4.52. The highest BCUT2D eigenvalue weighted by atomic mass is 16.5. The number of piperidine rings is 1. The topological polar surface area (TPSA) is 90.4 Å². The Bertz CT molecular complexity index is 818. The van der Waals surface area contributed by atoms with Gasteiger partial charge in [0.15, 0.2) is 0 Å². The summed E-state index contributed by atoms with van der Waals surface area (Å²) >= 11 is 0. The van der Waals surface area contributed by atoms with Crippen LogP contribution in [0.5, 0.6) is 11.8 Å². The van der Waals surface area contributed by atoms with Gasteiger partial charge in [-0.1, -0.05) is 0 Å². The minimum atomic E-state index is -0.243. The standard InChI is InChI=1S/C23H33N3O6/c1-29-19-4-3-18(21(24-19)30-2)22(28)26-8-6-23(7-9-26)16-17(5-12-32-23)15-20(27)25-10-13-31-14-11-25/h3-4,17H,5-16H2,1-2H3. The van der Waals surface area contributed by atoms with Crippen LogP contribution in [0.15, 0.2) is 12.1 Å². The number of pyridine rings is 1. The summed E-state index contributed by atoms with van der Waals surface area (Å²) in [7, 11) is 3.03. The molecule has 9 heteroatoms. The van der Waals surface area contributed by atoms with Gasteiger partial charge in [0.05, 0.1) is 33.0 Å². The Morgan fingerprint density at radius 3 is 2.50 bits per heavy atom. The molecule has 0 saturated carbocycles. The van der Waals surface area contributed by atoms with Gasteiger partial charge in [0, 0.05) is 45.3 Å². The maximum absolute atomic E-state index is 13.1. The summed E-state index contributed by atoms with van der Waals surface area (Å²) in [5, 5.41) is 0. The van der Waals surface area contributed by atoms with E-state index in [9.17, 15) is 9.59 Å². The van der Waals surface area contributed by atoms with Crippen LogP contribution in [0, 0.1) is 5.92 Å². The van der Waals surface area contributed by atoms with E-state index in [1.165, 1.54) is 14.2 Å². The molecule has 176 valence electrons. The Labute approximate surface area is 188 Å². The summed E-state index contributed by atoms with van der Waals surface area (Å²) in [6, 6.07) is 3.36. The Morgan fingerprint density at radius 1 is 1.06 bits per heavy atom. The van der Waals surface area contributed by atoms with Crippen molar-refractivity contribution in [2.24, 2.45) is 5.92 Å². The number of rotatable bonds is 5. The molecule has 1 unspecified atom stereocenters. The van der Waals surface area contributed by atoms with Crippen LogP contribution in [0.4, 0.5) is 0 Å². The van der Waals surface area contributed by atoms with Crippen molar-refractivity contribution >= 4 is 11.8 Å². The Hall–Kier alpha value is -2.39. The highest BCUT2D eigenvalue weighted by molar-refractivity contribution is 5.96. The second-order valence-electron chi connectivity index (χ2n) is 8.79. The molecule has 0 bridgehead atoms. The number of amides is 2. The lowest BCUT2D eigenvalue weighted by atomic mass is 9.78. The van der Waals surface area contributed by atoms with Crippen LogP contribution >= 0.6 is 0 Å². The van der Waals surface area contributed by atoms with Gasteiger partial charge in [-0.15, -0.1) is 0 Å². The largest absolute Gasteiger partial charge is 0.481 e. The van der Waals surface area contributed by atoms with E-state index in [1.54, 1.807) is 12.1 Å². The van der Waals surface area contributed by atoms with E-state index in [4.69, 9.17) is 18.9 Å². The molecular weight excluding hydrogens is 414 g/mol. The number of hydrogen-bond acceptors (Lipinski definition) is 7. The second-order valence-corrected chi connectivity index (χ2v) is 8.79. The molecule has 4 heterocycles. The number of carbonyl (C=O) groups excluding carboxylic acids is 2. The third-order valence-corrected chi connectivity index (χ3v) is 6.85. The van der Waals surface area contributed by atoms with Gasteiger partial charge < -0.3 is 28.7 Å². The summed E-state index contributed by atoms with van der Waals surface area (Å²) < 4.78 is 22.0. The molecule has 1 aromatic rings. The molecule has 0 aromatic carbocycles. The molecule has 3 saturated heterocycles. The molecule has 1 spiro atoms. The molecule has 1 aromatic heterocycles. The van der Waals surface area contributed by atoms with Crippen molar-refractivity contribution in [1.82, 2.24) is 14.8 Å². The van der Waals surface area contributed by atoms with Crippen LogP contribution in [0.3, 0.4) is 0 Å². The van der Waals surface area contributed by atoms with Crippen molar-refractivity contribution in [3.8, 4) is 11.8 Å². The van der Waals surface area contributed by atoms with Crippen molar-refractivity contribution in [2.45, 2.75) is 37.7 Å². The van der Waals surface area contributed by atoms with E-state index in [0.29, 0.717) is 69.8 Å². The van der Waals surface area contributed by atoms with Gasteiger partial charge in [0.2, 0.25) is 17.7 Å². The number of aromatic nitrogens is 1. The first kappa shape index (κ1) is 22.8. The lowest BCUT2D eigenvalue weighted by Crippen LogP contribution is -2.51. The average Bonchev–Trinajstić information content (AvgIpc) is 2.84. The zero-order chi connectivity index (χ0) is 22.6. The Kier molecular flexibility index (Phi) is 7.15. The predicted octanol–water partition coefficient (Wildman–Crippen LogP) is 1.75. The maximum atomic E-state index is 13.1. The van der Waals surface area contributed by atoms with E-state index < -0.39 is 0 Å². The minimum absolute atomic E-state index is 0.0956. The summed E-state index contributed by atoms with van der Waals surface area (Å²) in [6.07, 6.45) is 3.90. The van der Waals surface area contributed by atoms with Crippen LogP contribution in [0.1, 0.15) is 42.5 Å². The number of morpholine rings is 1. The zero-order valence-corrected chi connectivity index (χ0v) is 19.0. The summed E-state index contributed by atoms with van der Waals surface area (Å²) in [5.74, 6) is 1.13. The second kappa shape index (κ2) is 10.0. The molecule has 9 nitrogen and oxygen atoms in total. The number of ether oxygens (including phenoxy) is 4. The van der Waals surface area contributed by atoms with Crippen LogP contribution in [-0.4, -0.2) is 92.4 Å². The van der Waals surface area contributed by atoms with Crippen molar-refractivity contribution in [1.29, 1.82) is 0 Å². The van der Waals surface area contributed by atoms with Crippen molar-refractivity contribution < 1.29 is 28.5 Å². The summed E-state index contributed by atoms with van der Waals surface area (Å²) in [4.78, 5) is 33.8. The third-order valence-electron chi connectivity index (χ3n) is 6.85. The monoisotopic (exact) mass is 447 g/mol. The van der Waals surface area contributed by atoms with Gasteiger partial charge in [-0.25, -0.2) is 0 Å². The molecule has 32 heavy (non-hydrogen) atoms. The summed E-state index contributed by atoms with van der Waals surface area (Å²) in [5.41, 5.74) is 0.190. The number of hydrogen-bond donors (Lipinski definition) is 0. The smallest absolute Gasteiger partial charge is 0.259 e. The number of likely N-dealkylation sites (tertiary alicyclic amines) is 1. The Morgan fingerprint density at radius 2 is 1.81 bits per heavy atom. The first-order valence-corrected chi connectivity index (χ1v) is 11.4. The van der Waals surface area contributed by atoms with Gasteiger partial charge in [-0.3, -0.25) is 9.59 Å². The first-order chi connectivity index (χ1) is 15.5. The van der Waals surface area contributed by atoms with Crippen molar-refractivity contribution in [2.75, 3.05) is 60.2 Å². The number of methoxy groups -OCH3 is 2. The van der Waals surface area contributed by atoms with Gasteiger partial charge >= 0.3 is 0 Å². The fourth-order valence-corrected chi connectivity index (χ4v) is 4.98. The van der Waals surface area contributed by atoms with E-state index in [2.05, 4.69) is 4.98 Å². The normalized spacial score (nSPS) is 23.1. The molecule has 0 N–H and O–H groups in total. The Balaban J connectivity index is 1.34. The van der Waals surface area contributed by atoms with Crippen LogP contribution in [0.25, 0.3) is 0 Å².